The van der Waals surface area contributed by atoms with Crippen molar-refractivity contribution in [3.63, 3.8) is 0 Å². The van der Waals surface area contributed by atoms with E-state index in [1.165, 1.54) is 0 Å². The first kappa shape index (κ1) is 14.2. The van der Waals surface area contributed by atoms with Gasteiger partial charge in [-0.3, -0.25) is 0 Å². The SMILES string of the molecule is CC(C)(O)[c-]1cccc1.[Fe+2].c1cc[cH-]c1. The van der Waals surface area contributed by atoms with Gasteiger partial charge in [0, 0.05) is 5.60 Å². The molecule has 0 aliphatic carbocycles. The molecule has 1 nitrogen and oxygen atoms in total. The molecule has 0 unspecified atom stereocenters. The van der Waals surface area contributed by atoms with Crippen molar-refractivity contribution in [2.24, 2.45) is 0 Å². The van der Waals surface area contributed by atoms with Gasteiger partial charge in [-0.15, -0.1) is 5.56 Å². The first-order chi connectivity index (χ1) is 6.61. The summed E-state index contributed by atoms with van der Waals surface area (Å²) in [6.45, 7) is 3.56. The van der Waals surface area contributed by atoms with E-state index in [0.717, 1.165) is 5.56 Å². The largest absolute Gasteiger partial charge is 2.00 e. The molecule has 0 amide bonds. The van der Waals surface area contributed by atoms with Crippen LogP contribution in [0.1, 0.15) is 19.4 Å². The second-order valence-corrected chi connectivity index (χ2v) is 3.69. The fourth-order valence-electron chi connectivity index (χ4n) is 1.10. The molecule has 1 N–H and O–H groups in total. The van der Waals surface area contributed by atoms with E-state index in [0.29, 0.717) is 0 Å². The van der Waals surface area contributed by atoms with E-state index in [2.05, 4.69) is 0 Å². The maximum atomic E-state index is 9.38. The molecule has 0 saturated heterocycles. The number of hydrogen-bond donors (Lipinski definition) is 1. The van der Waals surface area contributed by atoms with Crippen LogP contribution in [0.4, 0.5) is 0 Å². The fourth-order valence-corrected chi connectivity index (χ4v) is 1.10. The minimum atomic E-state index is -0.677. The van der Waals surface area contributed by atoms with Crippen LogP contribution in [0.3, 0.4) is 0 Å². The minimum Gasteiger partial charge on any atom is -0.398 e. The molecule has 82 valence electrons. The predicted octanol–water partition coefficient (Wildman–Crippen LogP) is 3.04. The molecule has 2 aromatic rings. The Morgan fingerprint density at radius 3 is 1.67 bits per heavy atom. The molecule has 2 aromatic carbocycles. The van der Waals surface area contributed by atoms with Crippen molar-refractivity contribution in [3.05, 3.63) is 60.2 Å². The Hall–Kier alpha value is -0.821. The standard InChI is InChI=1S/C8H11O.C5H5.Fe/c1-8(2,9)7-5-3-4-6-7;1-2-4-5-3-1;/h3-6,9H,1-2H3;1-5H;/q2*-1;+2. The van der Waals surface area contributed by atoms with E-state index in [9.17, 15) is 5.11 Å². The zero-order chi connectivity index (χ0) is 10.4. The maximum absolute atomic E-state index is 9.38. The van der Waals surface area contributed by atoms with Gasteiger partial charge in [0.2, 0.25) is 0 Å². The van der Waals surface area contributed by atoms with Gasteiger partial charge < -0.3 is 5.11 Å². The van der Waals surface area contributed by atoms with Gasteiger partial charge in [-0.05, 0) is 13.8 Å². The molecule has 15 heavy (non-hydrogen) atoms. The molecule has 0 atom stereocenters. The van der Waals surface area contributed by atoms with E-state index in [1.54, 1.807) is 13.8 Å². The minimum absolute atomic E-state index is 0. The second-order valence-electron chi connectivity index (χ2n) is 3.69. The van der Waals surface area contributed by atoms with E-state index in [1.807, 2.05) is 54.6 Å². The molecule has 0 spiro atoms. The second kappa shape index (κ2) is 6.62. The van der Waals surface area contributed by atoms with Gasteiger partial charge in [0.1, 0.15) is 0 Å². The van der Waals surface area contributed by atoms with E-state index >= 15 is 0 Å². The van der Waals surface area contributed by atoms with Gasteiger partial charge in [0.15, 0.2) is 0 Å². The molecule has 0 aromatic heterocycles. The molecule has 0 bridgehead atoms. The Morgan fingerprint density at radius 1 is 1.00 bits per heavy atom. The molecule has 0 saturated carbocycles. The van der Waals surface area contributed by atoms with Gasteiger partial charge in [0.25, 0.3) is 0 Å². The summed E-state index contributed by atoms with van der Waals surface area (Å²) in [6.07, 6.45) is 0. The molecule has 0 heterocycles. The van der Waals surface area contributed by atoms with Crippen LogP contribution in [0.15, 0.2) is 54.6 Å². The van der Waals surface area contributed by atoms with Crippen LogP contribution < -0.4 is 0 Å². The zero-order valence-corrected chi connectivity index (χ0v) is 10.1. The molecular weight excluding hydrogens is 228 g/mol. The normalized spacial score (nSPS) is 9.80. The third kappa shape index (κ3) is 5.58. The van der Waals surface area contributed by atoms with Crippen LogP contribution in [-0.4, -0.2) is 5.11 Å². The molecule has 0 fully saturated rings. The fraction of sp³-hybridized carbons (Fsp3) is 0.231. The molecule has 0 aliphatic heterocycles. The van der Waals surface area contributed by atoms with Crippen LogP contribution in [-0.2, 0) is 22.7 Å². The van der Waals surface area contributed by atoms with Crippen molar-refractivity contribution in [2.75, 3.05) is 0 Å². The Labute approximate surface area is 102 Å². The Balaban J connectivity index is 0.000000280. The van der Waals surface area contributed by atoms with Gasteiger partial charge in [-0.25, -0.2) is 24.3 Å². The maximum Gasteiger partial charge on any atom is 2.00 e. The van der Waals surface area contributed by atoms with Crippen molar-refractivity contribution in [1.29, 1.82) is 0 Å². The summed E-state index contributed by atoms with van der Waals surface area (Å²) in [6, 6.07) is 17.7. The quantitative estimate of drug-likeness (QED) is 0.603. The van der Waals surface area contributed by atoms with Crippen molar-refractivity contribution < 1.29 is 22.2 Å². The van der Waals surface area contributed by atoms with E-state index < -0.39 is 5.60 Å². The number of rotatable bonds is 1. The average Bonchev–Trinajstić information content (AvgIpc) is 2.80. The molecule has 2 rings (SSSR count). The first-order valence-corrected chi connectivity index (χ1v) is 4.72. The van der Waals surface area contributed by atoms with Crippen LogP contribution in [0.25, 0.3) is 0 Å². The third-order valence-corrected chi connectivity index (χ3v) is 1.92. The van der Waals surface area contributed by atoms with Crippen molar-refractivity contribution in [1.82, 2.24) is 0 Å². The van der Waals surface area contributed by atoms with Gasteiger partial charge in [0.05, 0.1) is 0 Å². The molecule has 0 aliphatic rings. The van der Waals surface area contributed by atoms with Gasteiger partial charge >= 0.3 is 17.1 Å². The van der Waals surface area contributed by atoms with Gasteiger partial charge in [-0.1, -0.05) is 0 Å². The van der Waals surface area contributed by atoms with Crippen molar-refractivity contribution >= 4 is 0 Å². The van der Waals surface area contributed by atoms with Crippen molar-refractivity contribution in [2.45, 2.75) is 19.4 Å². The Bertz CT molecular complexity index is 297. The molecule has 2 heteroatoms. The van der Waals surface area contributed by atoms with Crippen LogP contribution in [0.5, 0.6) is 0 Å². The van der Waals surface area contributed by atoms with Crippen molar-refractivity contribution in [3.8, 4) is 0 Å². The number of hydrogen-bond acceptors (Lipinski definition) is 1. The summed E-state index contributed by atoms with van der Waals surface area (Å²) >= 11 is 0. The third-order valence-electron chi connectivity index (χ3n) is 1.92. The number of aliphatic hydroxyl groups is 1. The average molecular weight is 244 g/mol. The van der Waals surface area contributed by atoms with Gasteiger partial charge in [-0.2, -0.15) is 30.3 Å². The van der Waals surface area contributed by atoms with Crippen LogP contribution in [0, 0.1) is 0 Å². The smallest absolute Gasteiger partial charge is 0.398 e. The molecule has 0 radical (unpaired) electrons. The predicted molar refractivity (Wildman–Crippen MR) is 59.3 cm³/mol. The Kier molecular flexibility index (Phi) is 6.26. The summed E-state index contributed by atoms with van der Waals surface area (Å²) in [7, 11) is 0. The summed E-state index contributed by atoms with van der Waals surface area (Å²) < 4.78 is 0. The first-order valence-electron chi connectivity index (χ1n) is 4.72. The van der Waals surface area contributed by atoms with E-state index in [4.69, 9.17) is 0 Å². The summed E-state index contributed by atoms with van der Waals surface area (Å²) in [5, 5.41) is 9.38. The van der Waals surface area contributed by atoms with E-state index in [-0.39, 0.29) is 17.1 Å². The zero-order valence-electron chi connectivity index (χ0n) is 9.00. The summed E-state index contributed by atoms with van der Waals surface area (Å²) in [5.74, 6) is 0. The Morgan fingerprint density at radius 2 is 1.47 bits per heavy atom. The monoisotopic (exact) mass is 244 g/mol. The topological polar surface area (TPSA) is 20.2 Å². The summed E-state index contributed by atoms with van der Waals surface area (Å²) in [4.78, 5) is 0. The summed E-state index contributed by atoms with van der Waals surface area (Å²) in [5.41, 5.74) is 0.297. The van der Waals surface area contributed by atoms with Crippen LogP contribution in [0.2, 0.25) is 0 Å². The van der Waals surface area contributed by atoms with Crippen LogP contribution >= 0.6 is 0 Å². The molecular formula is C13H16FeO.